The molecular weight excluding hydrogens is 315 g/mol. The van der Waals surface area contributed by atoms with Crippen molar-refractivity contribution in [3.8, 4) is 0 Å². The highest BCUT2D eigenvalue weighted by Gasteiger charge is 2.56. The quantitative estimate of drug-likeness (QED) is 0.379. The molecule has 0 aliphatic carbocycles. The Morgan fingerprint density at radius 1 is 1.10 bits per heavy atom. The second-order valence-corrected chi connectivity index (χ2v) is 7.15. The van der Waals surface area contributed by atoms with Crippen LogP contribution in [0.1, 0.15) is 47.0 Å². The lowest BCUT2D eigenvalue weighted by molar-refractivity contribution is -0.284. The molecule has 0 saturated carbocycles. The van der Waals surface area contributed by atoms with Crippen LogP contribution in [0, 0.1) is 0 Å². The second kappa shape index (κ2) is 7.65. The monoisotopic (exact) mass is 336 g/mol. The summed E-state index contributed by atoms with van der Waals surface area (Å²) >= 11 is 1.18. The van der Waals surface area contributed by atoms with E-state index in [0.717, 1.165) is 0 Å². The van der Waals surface area contributed by atoms with E-state index >= 15 is 0 Å². The van der Waals surface area contributed by atoms with Gasteiger partial charge >= 0.3 is 18.1 Å². The van der Waals surface area contributed by atoms with Crippen molar-refractivity contribution >= 4 is 17.7 Å². The van der Waals surface area contributed by atoms with Gasteiger partial charge in [-0.2, -0.15) is 22.0 Å². The van der Waals surface area contributed by atoms with Gasteiger partial charge in [0.25, 0.3) is 0 Å². The molecule has 0 radical (unpaired) electrons. The molecule has 126 valence electrons. The molecule has 0 saturated heterocycles. The third kappa shape index (κ3) is 8.48. The number of carbonyl (C=O) groups excluding carboxylic acids is 1. The first-order valence-corrected chi connectivity index (χ1v) is 7.60. The van der Waals surface area contributed by atoms with E-state index in [2.05, 4.69) is 0 Å². The zero-order valence-electron chi connectivity index (χ0n) is 12.5. The summed E-state index contributed by atoms with van der Waals surface area (Å²) in [5.74, 6) is -4.74. The zero-order chi connectivity index (χ0) is 16.9. The molecule has 1 unspecified atom stereocenters. The van der Waals surface area contributed by atoms with E-state index in [4.69, 9.17) is 4.74 Å². The van der Waals surface area contributed by atoms with E-state index in [-0.39, 0.29) is 12.8 Å². The maximum Gasteiger partial charge on any atom is 0.453 e. The summed E-state index contributed by atoms with van der Waals surface area (Å²) < 4.78 is 66.1. The van der Waals surface area contributed by atoms with E-state index in [1.807, 2.05) is 0 Å². The number of thioether (sulfide) groups is 1. The first kappa shape index (κ1) is 20.5. The molecule has 0 aliphatic rings. The number of ether oxygens (including phenoxy) is 1. The van der Waals surface area contributed by atoms with E-state index in [1.165, 1.54) is 11.8 Å². The Labute approximate surface area is 125 Å². The number of unbranched alkanes of at least 4 members (excludes halogenated alkanes) is 1. The molecule has 21 heavy (non-hydrogen) atoms. The van der Waals surface area contributed by atoms with Crippen LogP contribution >= 0.6 is 11.8 Å². The number of halogens is 5. The van der Waals surface area contributed by atoms with Crippen LogP contribution < -0.4 is 0 Å². The van der Waals surface area contributed by atoms with E-state index in [0.29, 0.717) is 5.75 Å². The van der Waals surface area contributed by atoms with Crippen LogP contribution in [0.15, 0.2) is 0 Å². The van der Waals surface area contributed by atoms with Gasteiger partial charge in [-0.25, -0.2) is 0 Å². The van der Waals surface area contributed by atoms with Crippen LogP contribution in [0.2, 0.25) is 0 Å². The van der Waals surface area contributed by atoms with Crippen molar-refractivity contribution in [3.63, 3.8) is 0 Å². The Balaban J connectivity index is 3.94. The van der Waals surface area contributed by atoms with Gasteiger partial charge < -0.3 is 4.74 Å². The predicted molar refractivity (Wildman–Crippen MR) is 72.6 cm³/mol. The van der Waals surface area contributed by atoms with Gasteiger partial charge in [0.1, 0.15) is 5.60 Å². The standard InChI is InChI=1S/C13H21F5O2S/c1-9(10(19)20-11(2,3)4)21-8-6-5-7-12(14,15)13(16,17)18/h9H,5-8H2,1-4H3. The average Bonchev–Trinajstić information content (AvgIpc) is 2.24. The van der Waals surface area contributed by atoms with Gasteiger partial charge in [0, 0.05) is 6.42 Å². The molecule has 0 aromatic heterocycles. The summed E-state index contributed by atoms with van der Waals surface area (Å²) in [4.78, 5) is 11.6. The number of alkyl halides is 5. The second-order valence-electron chi connectivity index (χ2n) is 5.71. The number of rotatable bonds is 7. The third-order valence-corrected chi connectivity index (χ3v) is 3.62. The fourth-order valence-corrected chi connectivity index (χ4v) is 2.21. The molecule has 0 aliphatic heterocycles. The van der Waals surface area contributed by atoms with Crippen molar-refractivity contribution in [1.29, 1.82) is 0 Å². The number of hydrogen-bond donors (Lipinski definition) is 0. The summed E-state index contributed by atoms with van der Waals surface area (Å²) in [5, 5.41) is -0.479. The SMILES string of the molecule is CC(SCCCCC(F)(F)C(F)(F)F)C(=O)OC(C)(C)C. The fourth-order valence-electron chi connectivity index (χ4n) is 1.30. The third-order valence-electron chi connectivity index (χ3n) is 2.41. The van der Waals surface area contributed by atoms with Gasteiger partial charge in [-0.15, -0.1) is 11.8 Å². The molecule has 0 spiro atoms. The lowest BCUT2D eigenvalue weighted by atomic mass is 10.1. The smallest absolute Gasteiger partial charge is 0.453 e. The topological polar surface area (TPSA) is 26.3 Å². The van der Waals surface area contributed by atoms with Gasteiger partial charge in [-0.05, 0) is 46.3 Å². The van der Waals surface area contributed by atoms with Crippen molar-refractivity contribution in [2.75, 3.05) is 5.75 Å². The van der Waals surface area contributed by atoms with Crippen LogP contribution in [0.4, 0.5) is 22.0 Å². The van der Waals surface area contributed by atoms with Crippen LogP contribution in [0.5, 0.6) is 0 Å². The van der Waals surface area contributed by atoms with E-state index in [9.17, 15) is 26.7 Å². The lowest BCUT2D eigenvalue weighted by Gasteiger charge is -2.22. The van der Waals surface area contributed by atoms with Crippen molar-refractivity contribution < 1.29 is 31.5 Å². The molecule has 0 heterocycles. The normalized spacial score (nSPS) is 14.9. The lowest BCUT2D eigenvalue weighted by Crippen LogP contribution is -2.36. The molecule has 0 rings (SSSR count). The molecule has 0 bridgehead atoms. The molecular formula is C13H21F5O2S. The predicted octanol–water partition coefficient (Wildman–Crippen LogP) is 4.82. The Kier molecular flexibility index (Phi) is 7.45. The fraction of sp³-hybridized carbons (Fsp3) is 0.923. The van der Waals surface area contributed by atoms with Gasteiger partial charge in [-0.3, -0.25) is 4.79 Å². The molecule has 2 nitrogen and oxygen atoms in total. The maximum atomic E-state index is 12.6. The van der Waals surface area contributed by atoms with Crippen LogP contribution in [0.25, 0.3) is 0 Å². The summed E-state index contributed by atoms with van der Waals surface area (Å²) in [7, 11) is 0. The highest BCUT2D eigenvalue weighted by molar-refractivity contribution is 8.00. The van der Waals surface area contributed by atoms with Crippen LogP contribution in [-0.2, 0) is 9.53 Å². The van der Waals surface area contributed by atoms with Crippen molar-refractivity contribution in [2.45, 2.75) is 69.9 Å². The Morgan fingerprint density at radius 3 is 2.05 bits per heavy atom. The summed E-state index contributed by atoms with van der Waals surface area (Å²) in [5.41, 5.74) is -0.610. The van der Waals surface area contributed by atoms with E-state index in [1.54, 1.807) is 27.7 Å². The molecule has 8 heteroatoms. The number of esters is 1. The van der Waals surface area contributed by atoms with Gasteiger partial charge in [0.05, 0.1) is 5.25 Å². The van der Waals surface area contributed by atoms with Crippen molar-refractivity contribution in [3.05, 3.63) is 0 Å². The minimum Gasteiger partial charge on any atom is -0.459 e. The zero-order valence-corrected chi connectivity index (χ0v) is 13.3. The number of hydrogen-bond acceptors (Lipinski definition) is 3. The maximum absolute atomic E-state index is 12.6. The van der Waals surface area contributed by atoms with Crippen molar-refractivity contribution in [2.24, 2.45) is 0 Å². The van der Waals surface area contributed by atoms with Crippen LogP contribution in [0.3, 0.4) is 0 Å². The minimum atomic E-state index is -5.50. The van der Waals surface area contributed by atoms with Crippen LogP contribution in [-0.4, -0.2) is 34.7 Å². The van der Waals surface area contributed by atoms with Gasteiger partial charge in [-0.1, -0.05) is 0 Å². The summed E-state index contributed by atoms with van der Waals surface area (Å²) in [6, 6.07) is 0. The molecule has 0 N–H and O–H groups in total. The molecule has 1 atom stereocenters. The van der Waals surface area contributed by atoms with Gasteiger partial charge in [0.2, 0.25) is 0 Å². The van der Waals surface area contributed by atoms with Crippen molar-refractivity contribution in [1.82, 2.24) is 0 Å². The van der Waals surface area contributed by atoms with E-state index < -0.39 is 35.3 Å². The molecule has 0 aromatic carbocycles. The highest BCUT2D eigenvalue weighted by Crippen LogP contribution is 2.39. The number of carbonyl (C=O) groups is 1. The largest absolute Gasteiger partial charge is 0.459 e. The Morgan fingerprint density at radius 2 is 1.62 bits per heavy atom. The minimum absolute atomic E-state index is 0.184. The molecule has 0 amide bonds. The Bertz CT molecular complexity index is 336. The Hall–Kier alpha value is -0.530. The highest BCUT2D eigenvalue weighted by atomic mass is 32.2. The summed E-state index contributed by atoms with van der Waals surface area (Å²) in [6.45, 7) is 6.79. The molecule has 0 fully saturated rings. The molecule has 0 aromatic rings. The first-order valence-electron chi connectivity index (χ1n) is 6.55. The average molecular weight is 336 g/mol. The first-order chi connectivity index (χ1) is 9.26. The van der Waals surface area contributed by atoms with Gasteiger partial charge in [0.15, 0.2) is 0 Å². The summed E-state index contributed by atoms with van der Waals surface area (Å²) in [6.07, 6.45) is -6.79.